The van der Waals surface area contributed by atoms with Crippen molar-refractivity contribution in [3.8, 4) is 46.0 Å². The predicted molar refractivity (Wildman–Crippen MR) is 471 cm³/mol. The maximum absolute atomic E-state index is 13.8. The lowest BCUT2D eigenvalue weighted by molar-refractivity contribution is -0.161. The van der Waals surface area contributed by atoms with E-state index in [9.17, 15) is 46.6 Å². The summed E-state index contributed by atoms with van der Waals surface area (Å²) < 4.78 is 744. The van der Waals surface area contributed by atoms with E-state index < -0.39 is 367 Å². The van der Waals surface area contributed by atoms with E-state index in [1.54, 1.807) is 0 Å². The van der Waals surface area contributed by atoms with E-state index in [-0.39, 0.29) is 105 Å². The number of rotatable bonds is 28. The van der Waals surface area contributed by atoms with Gasteiger partial charge in [0.25, 0.3) is 0 Å². The lowest BCUT2D eigenvalue weighted by Crippen LogP contribution is -2.51. The summed E-state index contributed by atoms with van der Waals surface area (Å²) in [5, 5.41) is 0. The molecule has 8 aliphatic heterocycles. The molecule has 12 rings (SSSR count). The number of piperidine rings is 4. The number of esters is 4. The van der Waals surface area contributed by atoms with Gasteiger partial charge in [-0.2, -0.15) is 0 Å². The Labute approximate surface area is 833 Å². The Morgan fingerprint density at radius 2 is 0.558 bits per heavy atom. The Morgan fingerprint density at radius 1 is 0.358 bits per heavy atom. The van der Waals surface area contributed by atoms with Crippen LogP contribution in [0.15, 0.2) is 48.5 Å². The van der Waals surface area contributed by atoms with Crippen LogP contribution in [0.5, 0.6) is 46.0 Å². The number of fused-ring (bicyclic) bond motifs is 12. The van der Waals surface area contributed by atoms with Gasteiger partial charge in [0.15, 0.2) is 46.0 Å². The predicted octanol–water partition coefficient (Wildman–Crippen LogP) is 14.3. The van der Waals surface area contributed by atoms with Gasteiger partial charge in [0, 0.05) is 224 Å². The van der Waals surface area contributed by atoms with Crippen molar-refractivity contribution in [2.75, 3.05) is 109 Å². The summed E-state index contributed by atoms with van der Waals surface area (Å²) in [6.07, 6.45) is -43.5. The standard InChI is InChI=1S/4C24H38N2O4/c4*1-14(2)9-17-13-26-8-7-16-10-21(28-5)22(29-6)11-18(16)19(26)12-20(17)30-24(27)23(25)15(3)4/h4*10-11,14-15,17,19-20,23H,7-9,12-13,25H2,1-6H3/t4*17?,19?,20?,23-/m0000/s1/i2*1D3,3D3,4D3,5D3,9D2,12D2,13D2,14D,15D,17D,23D;2*1D3,3D3,4D3,9D2,12D2,13D2,14D,15D,17D,23D/t4*14?,17?,19?,20?,23-. The third kappa shape index (κ3) is 23.8. The van der Waals surface area contributed by atoms with Crippen LogP contribution in [-0.2, 0) is 63.8 Å². The third-order valence-corrected chi connectivity index (χ3v) is 18.8. The molecule has 0 spiro atoms. The normalized spacial score (nSPS) is 46.1. The molecule has 8 N–H and O–H groups in total. The van der Waals surface area contributed by atoms with Crippen LogP contribution in [0.3, 0.4) is 0 Å². The highest BCUT2D eigenvalue weighted by atomic mass is 16.6. The number of nitrogens with zero attached hydrogens (tertiary/aromatic N) is 4. The van der Waals surface area contributed by atoms with Crippen molar-refractivity contribution in [2.24, 2.45) is 93.7 Å². The molecule has 4 aromatic rings. The Hall–Kier alpha value is -7.16. The van der Waals surface area contributed by atoms with Gasteiger partial charge >= 0.3 is 23.9 Å². The van der Waals surface area contributed by atoms with Crippen LogP contribution in [0.4, 0.5) is 0 Å². The highest BCUT2D eigenvalue weighted by Crippen LogP contribution is 2.50. The fourth-order valence-electron chi connectivity index (χ4n) is 13.2. The maximum atomic E-state index is 13.8. The van der Waals surface area contributed by atoms with E-state index in [4.69, 9.17) is 165 Å². The summed E-state index contributed by atoms with van der Waals surface area (Å²) in [7, 11) is 1.29. The molecule has 120 heavy (non-hydrogen) atoms. The summed E-state index contributed by atoms with van der Waals surface area (Å²) in [5.41, 5.74) is 23.0. The van der Waals surface area contributed by atoms with Crippen LogP contribution in [0.1, 0.15) is 342 Å². The van der Waals surface area contributed by atoms with Gasteiger partial charge in [-0.3, -0.25) is 38.8 Å². The Kier molecular flexibility index (Phi) is 12.6. The first-order chi connectivity index (χ1) is 88.7. The van der Waals surface area contributed by atoms with Crippen molar-refractivity contribution in [3.63, 3.8) is 0 Å². The van der Waals surface area contributed by atoms with Gasteiger partial charge in [-0.15, -0.1) is 0 Å². The van der Waals surface area contributed by atoms with Crippen molar-refractivity contribution < 1.29 is 188 Å². The first-order valence-electron chi connectivity index (χ1n) is 77.1. The zero-order valence-corrected chi connectivity index (χ0v) is 66.5. The second-order valence-corrected chi connectivity index (χ2v) is 26.9. The van der Waals surface area contributed by atoms with Crippen LogP contribution >= 0.6 is 0 Å². The molecule has 0 radical (unpaired) electrons. The number of carbonyl (C=O) groups is 4. The molecule has 4 fully saturated rings. The molecular weight excluding hydrogens is 1520 g/mol. The summed E-state index contributed by atoms with van der Waals surface area (Å²) >= 11 is 0. The molecule has 4 saturated heterocycles. The van der Waals surface area contributed by atoms with E-state index >= 15 is 0 Å². The zero-order valence-electron chi connectivity index (χ0n) is 149. The molecule has 8 heterocycles. The smallest absolute Gasteiger partial charge is 0.323 e. The third-order valence-electron chi connectivity index (χ3n) is 18.8. The second kappa shape index (κ2) is 43.9. The molecular formula is C96H152N8O16. The fraction of sp³-hybridized carbons (Fsp3) is 0.708. The minimum absolute atomic E-state index is 0.0219. The molecule has 24 nitrogen and oxygen atoms in total. The first-order valence-corrected chi connectivity index (χ1v) is 36.1. The molecule has 0 aliphatic carbocycles. The van der Waals surface area contributed by atoms with E-state index in [0.29, 0.717) is 58.4 Å². The quantitative estimate of drug-likeness (QED) is 0.0303. The largest absolute Gasteiger partial charge is 0.493 e. The summed E-state index contributed by atoms with van der Waals surface area (Å²) in [6.45, 7) is -61.5. The van der Waals surface area contributed by atoms with Gasteiger partial charge in [-0.25, -0.2) is 0 Å². The monoisotopic (exact) mass is 1760 g/mol. The highest BCUT2D eigenvalue weighted by molar-refractivity contribution is 5.77. The van der Waals surface area contributed by atoms with Crippen molar-refractivity contribution in [3.05, 3.63) is 93.0 Å². The first kappa shape index (κ1) is 34.3. The van der Waals surface area contributed by atoms with E-state index in [1.807, 2.05) is 0 Å². The average molecular weight is 1760 g/mol. The van der Waals surface area contributed by atoms with Crippen LogP contribution in [0, 0.1) is 70.7 Å². The fourth-order valence-corrected chi connectivity index (χ4v) is 13.2. The Bertz CT molecular complexity index is 7280. The molecule has 8 aliphatic rings. The molecule has 16 unspecified atom stereocenters. The van der Waals surface area contributed by atoms with Gasteiger partial charge in [-0.1, -0.05) is 110 Å². The zero-order chi connectivity index (χ0) is 159. The maximum Gasteiger partial charge on any atom is 0.323 e. The van der Waals surface area contributed by atoms with Crippen molar-refractivity contribution >= 4 is 23.9 Å². The summed E-state index contributed by atoms with van der Waals surface area (Å²) in [5.74, 6) is -57.7. The number of benzene rings is 4. The van der Waals surface area contributed by atoms with Gasteiger partial charge in [0.2, 0.25) is 0 Å². The molecule has 672 valence electrons. The van der Waals surface area contributed by atoms with Crippen molar-refractivity contribution in [1.29, 1.82) is 0 Å². The number of hydrogen-bond donors (Lipinski definition) is 4. The van der Waals surface area contributed by atoms with E-state index in [2.05, 4.69) is 0 Å². The highest BCUT2D eigenvalue weighted by Gasteiger charge is 2.47. The summed E-state index contributed by atoms with van der Waals surface area (Å²) in [6, 6.07) is -14.9. The minimum Gasteiger partial charge on any atom is -0.493 e. The molecule has 0 aromatic heterocycles. The number of ether oxygens (including phenoxy) is 12. The topological polar surface area (TPSA) is 296 Å². The average Bonchev–Trinajstić information content (AvgIpc) is 0.670. The molecule has 0 amide bonds. The van der Waals surface area contributed by atoms with Crippen LogP contribution in [0.25, 0.3) is 0 Å². The lowest BCUT2D eigenvalue weighted by Gasteiger charge is -2.47. The molecule has 0 bridgehead atoms. The van der Waals surface area contributed by atoms with E-state index in [1.165, 1.54) is 52.7 Å². The number of carbonyl (C=O) groups excluding carboxylic acids is 4. The summed E-state index contributed by atoms with van der Waals surface area (Å²) in [4.78, 5) is 57.8. The number of methoxy groups -OCH3 is 8. The van der Waals surface area contributed by atoms with E-state index in [0.717, 1.165) is 38.5 Å². The molecule has 24 heteroatoms. The van der Waals surface area contributed by atoms with Crippen LogP contribution < -0.4 is 60.8 Å². The van der Waals surface area contributed by atoms with Gasteiger partial charge < -0.3 is 79.8 Å². The molecule has 4 aromatic carbocycles. The molecule has 20 atom stereocenters. The Morgan fingerprint density at radius 3 is 0.742 bits per heavy atom. The van der Waals surface area contributed by atoms with Crippen LogP contribution in [0.2, 0.25) is 0 Å². The number of nitrogens with two attached hydrogens (primary N) is 4. The SMILES string of the molecule is [2H]C([2H])([2H])Oc1cc2c(cc1OC)C1N(CC2)C([2H])([2H])C([2H])(C([2H])([2H])C([2H])(C)C([2H])([2H])[2H])C(OC(=O)[C@@]([2H])(N)C([2H])(C([2H])([2H])[2H])C([2H])([2H])[2H])C1([2H])[2H].[2H]C([2H])([2H])Oc1cc2c(cc1OC)C1N(CC2)C([2H])([2H])C([2H])(C([2H])([2H])C([2H])(C)C([2H])([2H])[2H])C(OC(=O)[C@@]([2H])(N)C([2H])(C([2H])([2H])[2H])C([2H])([2H])[2H])C1([2H])[2H].[2H]C1([2H])C2c3cc(OC)c(OC)cc3CCN2C([2H])([2H])C([2H])(C([2H])([2H])C([2H])(C)C([2H])([2H])[2H])C1OC(=O)[C@@]([2H])(N)C([2H])(C([2H])([2H])[2H])C([2H])([2H])[2H].[2H]C1([2H])C2c3cc(OC)c(OC)cc3CCN2C([2H])([2H])C([2H])(C([2H])([2H])C([2H])(C)C([2H])([2H])[2H])C1OC(=O)[C@@]([2H])(N)C([2H])(C([2H])([2H])[2H])C([2H])([2H])[2H]. The van der Waals surface area contributed by atoms with Crippen molar-refractivity contribution in [1.82, 2.24) is 19.6 Å². The van der Waals surface area contributed by atoms with Gasteiger partial charge in [0.1, 0.15) is 48.5 Å². The second-order valence-electron chi connectivity index (χ2n) is 26.9. The van der Waals surface area contributed by atoms with Gasteiger partial charge in [-0.05, 0) is 191 Å². The lowest BCUT2D eigenvalue weighted by atomic mass is 9.79. The molecule has 0 saturated carbocycles. The Balaban J connectivity index is 0.000000291. The van der Waals surface area contributed by atoms with Crippen LogP contribution in [-0.4, -0.2) is 201 Å². The minimum atomic E-state index is -4.24. The number of hydrogen-bond acceptors (Lipinski definition) is 24. The van der Waals surface area contributed by atoms with Gasteiger partial charge in [0.05, 0.1) is 70.4 Å². The van der Waals surface area contributed by atoms with Crippen molar-refractivity contribution in [2.45, 2.75) is 259 Å².